The monoisotopic (exact) mass is 342 g/mol. The summed E-state index contributed by atoms with van der Waals surface area (Å²) in [5, 5.41) is 0. The lowest BCUT2D eigenvalue weighted by Crippen LogP contribution is -2.24. The molecule has 2 amide bonds. The molecule has 6 heteroatoms. The Kier molecular flexibility index (Phi) is 6.28. The van der Waals surface area contributed by atoms with Gasteiger partial charge < -0.3 is 15.4 Å². The number of hydrogen-bond acceptors (Lipinski definition) is 3. The minimum atomic E-state index is -0.543. The van der Waals surface area contributed by atoms with Crippen molar-refractivity contribution in [3.05, 3.63) is 71.6 Å². The number of hydrogen-bond donors (Lipinski definition) is 1. The molecule has 0 aliphatic rings. The number of nitrogens with zero attached hydrogens (tertiary/aromatic N) is 1. The molecule has 2 aromatic carbocycles. The number of primary amides is 1. The lowest BCUT2D eigenvalue weighted by atomic mass is 10.2. The summed E-state index contributed by atoms with van der Waals surface area (Å²) in [5.41, 5.74) is 6.67. The molecule has 2 N–H and O–H groups in total. The van der Waals surface area contributed by atoms with E-state index in [1.54, 1.807) is 49.5 Å². The average Bonchev–Trinajstić information content (AvgIpc) is 2.60. The Balaban J connectivity index is 1.90. The van der Waals surface area contributed by atoms with E-state index in [1.165, 1.54) is 23.1 Å². The smallest absolute Gasteiger partial charge is 0.255 e. The first kappa shape index (κ1) is 18.2. The summed E-state index contributed by atoms with van der Waals surface area (Å²) < 4.78 is 18.0. The van der Waals surface area contributed by atoms with Gasteiger partial charge >= 0.3 is 0 Å². The topological polar surface area (TPSA) is 72.6 Å². The first-order valence-corrected chi connectivity index (χ1v) is 7.63. The van der Waals surface area contributed by atoms with Gasteiger partial charge in [-0.25, -0.2) is 4.39 Å². The highest BCUT2D eigenvalue weighted by Crippen LogP contribution is 2.13. The van der Waals surface area contributed by atoms with Crippen LogP contribution < -0.4 is 10.5 Å². The van der Waals surface area contributed by atoms with Gasteiger partial charge in [0.1, 0.15) is 11.6 Å². The van der Waals surface area contributed by atoms with Gasteiger partial charge in [0.2, 0.25) is 5.91 Å². The molecule has 2 aromatic rings. The predicted molar refractivity (Wildman–Crippen MR) is 93.0 cm³/mol. The highest BCUT2D eigenvalue weighted by atomic mass is 19.1. The molecule has 0 fully saturated rings. The van der Waals surface area contributed by atoms with Crippen LogP contribution in [0, 0.1) is 5.82 Å². The summed E-state index contributed by atoms with van der Waals surface area (Å²) in [5.74, 6) is -0.492. The van der Waals surface area contributed by atoms with Crippen LogP contribution in [0.15, 0.2) is 54.6 Å². The number of benzene rings is 2. The molecule has 0 aliphatic heterocycles. The van der Waals surface area contributed by atoms with Crippen LogP contribution in [0.2, 0.25) is 0 Å². The molecule has 0 atom stereocenters. The summed E-state index contributed by atoms with van der Waals surface area (Å²) >= 11 is 0. The standard InChI is InChI=1S/C19H19FN2O3/c1-22(12-15-2-7-16(20)8-3-15)19(24)11-6-14-4-9-17(10-5-14)25-13-18(21)23/h2-11H,12-13H2,1H3,(H2,21,23)/b11-6-. The molecule has 0 aliphatic carbocycles. The van der Waals surface area contributed by atoms with Crippen molar-refractivity contribution in [1.82, 2.24) is 4.90 Å². The first-order valence-electron chi connectivity index (χ1n) is 7.63. The van der Waals surface area contributed by atoms with Crippen LogP contribution in [0.4, 0.5) is 4.39 Å². The number of carbonyl (C=O) groups is 2. The normalized spacial score (nSPS) is 10.6. The van der Waals surface area contributed by atoms with Crippen LogP contribution in [-0.4, -0.2) is 30.4 Å². The molecule has 2 rings (SSSR count). The maximum absolute atomic E-state index is 12.9. The first-order chi connectivity index (χ1) is 11.9. The Morgan fingerprint density at radius 3 is 2.36 bits per heavy atom. The van der Waals surface area contributed by atoms with E-state index in [0.29, 0.717) is 12.3 Å². The summed E-state index contributed by atoms with van der Waals surface area (Å²) in [7, 11) is 1.68. The fourth-order valence-electron chi connectivity index (χ4n) is 2.07. The van der Waals surface area contributed by atoms with Crippen molar-refractivity contribution in [1.29, 1.82) is 0 Å². The second kappa shape index (κ2) is 8.63. The maximum atomic E-state index is 12.9. The van der Waals surface area contributed by atoms with Crippen LogP contribution in [-0.2, 0) is 16.1 Å². The van der Waals surface area contributed by atoms with Crippen LogP contribution in [0.1, 0.15) is 11.1 Å². The number of amides is 2. The van der Waals surface area contributed by atoms with Crippen LogP contribution in [0.25, 0.3) is 6.08 Å². The predicted octanol–water partition coefficient (Wildman–Crippen LogP) is 2.36. The van der Waals surface area contributed by atoms with Crippen molar-refractivity contribution in [3.63, 3.8) is 0 Å². The van der Waals surface area contributed by atoms with Gasteiger partial charge in [-0.1, -0.05) is 24.3 Å². The molecule has 0 spiro atoms. The largest absolute Gasteiger partial charge is 0.484 e. The molecule has 0 unspecified atom stereocenters. The Morgan fingerprint density at radius 2 is 1.76 bits per heavy atom. The molecule has 0 radical (unpaired) electrons. The third kappa shape index (κ3) is 6.10. The fourth-order valence-corrected chi connectivity index (χ4v) is 2.07. The van der Waals surface area contributed by atoms with Gasteiger partial charge in [-0.3, -0.25) is 9.59 Å². The third-order valence-electron chi connectivity index (χ3n) is 3.39. The second-order valence-electron chi connectivity index (χ2n) is 5.48. The summed E-state index contributed by atoms with van der Waals surface area (Å²) in [6.45, 7) is 0.213. The highest BCUT2D eigenvalue weighted by Gasteiger charge is 2.06. The summed E-state index contributed by atoms with van der Waals surface area (Å²) in [4.78, 5) is 24.3. The van der Waals surface area contributed by atoms with E-state index in [4.69, 9.17) is 10.5 Å². The fraction of sp³-hybridized carbons (Fsp3) is 0.158. The van der Waals surface area contributed by atoms with Gasteiger partial charge in [-0.15, -0.1) is 0 Å². The zero-order valence-electron chi connectivity index (χ0n) is 13.8. The minimum Gasteiger partial charge on any atom is -0.484 e. The molecule has 25 heavy (non-hydrogen) atoms. The van der Waals surface area contributed by atoms with E-state index in [0.717, 1.165) is 11.1 Å². The molecule has 0 bridgehead atoms. The Morgan fingerprint density at radius 1 is 1.12 bits per heavy atom. The van der Waals surface area contributed by atoms with Gasteiger partial charge in [-0.05, 0) is 41.5 Å². The Bertz CT molecular complexity index is 755. The van der Waals surface area contributed by atoms with E-state index in [1.807, 2.05) is 0 Å². The number of rotatable bonds is 7. The third-order valence-corrected chi connectivity index (χ3v) is 3.39. The lowest BCUT2D eigenvalue weighted by molar-refractivity contribution is -0.125. The van der Waals surface area contributed by atoms with E-state index in [-0.39, 0.29) is 18.3 Å². The summed E-state index contributed by atoms with van der Waals surface area (Å²) in [6, 6.07) is 12.9. The van der Waals surface area contributed by atoms with E-state index in [9.17, 15) is 14.0 Å². The molecule has 5 nitrogen and oxygen atoms in total. The van der Waals surface area contributed by atoms with Crippen molar-refractivity contribution in [2.24, 2.45) is 5.73 Å². The SMILES string of the molecule is CN(Cc1ccc(F)cc1)C(=O)/C=C\c1ccc(OCC(N)=O)cc1. The molecule has 130 valence electrons. The number of ether oxygens (including phenoxy) is 1. The average molecular weight is 342 g/mol. The number of nitrogens with two attached hydrogens (primary N) is 1. The van der Waals surface area contributed by atoms with Crippen molar-refractivity contribution < 1.29 is 18.7 Å². The van der Waals surface area contributed by atoms with Gasteiger partial charge in [0.05, 0.1) is 0 Å². The van der Waals surface area contributed by atoms with Gasteiger partial charge in [0.15, 0.2) is 6.61 Å². The second-order valence-corrected chi connectivity index (χ2v) is 5.48. The molecule has 0 heterocycles. The summed E-state index contributed by atoms with van der Waals surface area (Å²) in [6.07, 6.45) is 3.14. The minimum absolute atomic E-state index is 0.168. The van der Waals surface area contributed by atoms with Crippen LogP contribution in [0.5, 0.6) is 5.75 Å². The molecular formula is C19H19FN2O3. The molecular weight excluding hydrogens is 323 g/mol. The van der Waals surface area contributed by atoms with Crippen molar-refractivity contribution in [3.8, 4) is 5.75 Å². The number of carbonyl (C=O) groups excluding carboxylic acids is 2. The zero-order valence-corrected chi connectivity index (χ0v) is 13.8. The van der Waals surface area contributed by atoms with E-state index in [2.05, 4.69) is 0 Å². The number of likely N-dealkylation sites (N-methyl/N-ethyl adjacent to an activating group) is 1. The van der Waals surface area contributed by atoms with Gasteiger partial charge in [-0.2, -0.15) is 0 Å². The van der Waals surface area contributed by atoms with Crippen molar-refractivity contribution in [2.45, 2.75) is 6.54 Å². The lowest BCUT2D eigenvalue weighted by Gasteiger charge is -2.15. The number of halogens is 1. The van der Waals surface area contributed by atoms with E-state index < -0.39 is 5.91 Å². The molecule has 0 aromatic heterocycles. The quantitative estimate of drug-likeness (QED) is 0.785. The zero-order chi connectivity index (χ0) is 18.2. The molecule has 0 saturated heterocycles. The molecule has 0 saturated carbocycles. The highest BCUT2D eigenvalue weighted by molar-refractivity contribution is 5.91. The van der Waals surface area contributed by atoms with Crippen LogP contribution >= 0.6 is 0 Å². The maximum Gasteiger partial charge on any atom is 0.255 e. The Labute approximate surface area is 145 Å². The van der Waals surface area contributed by atoms with E-state index >= 15 is 0 Å². The van der Waals surface area contributed by atoms with Crippen molar-refractivity contribution >= 4 is 17.9 Å². The van der Waals surface area contributed by atoms with Crippen molar-refractivity contribution in [2.75, 3.05) is 13.7 Å². The van der Waals surface area contributed by atoms with Crippen LogP contribution in [0.3, 0.4) is 0 Å². The van der Waals surface area contributed by atoms with Gasteiger partial charge in [0, 0.05) is 19.7 Å². The van der Waals surface area contributed by atoms with Gasteiger partial charge in [0.25, 0.3) is 5.91 Å². The Hall–Kier alpha value is -3.15.